The van der Waals surface area contributed by atoms with Crippen LogP contribution in [0.5, 0.6) is 5.75 Å². The van der Waals surface area contributed by atoms with Gasteiger partial charge in [-0.25, -0.2) is 0 Å². The minimum Gasteiger partial charge on any atom is -0.497 e. The highest BCUT2D eigenvalue weighted by Crippen LogP contribution is 2.33. The molecule has 0 bridgehead atoms. The molecule has 1 atom stereocenters. The van der Waals surface area contributed by atoms with Crippen molar-refractivity contribution >= 4 is 0 Å². The minimum absolute atomic E-state index is 0.384. The fourth-order valence-electron chi connectivity index (χ4n) is 2.04. The number of hydrogen-bond donors (Lipinski definition) is 1. The number of aryl methyl sites for hydroxylation is 1. The van der Waals surface area contributed by atoms with E-state index >= 15 is 0 Å². The zero-order valence-corrected chi connectivity index (χ0v) is 9.99. The van der Waals surface area contributed by atoms with Gasteiger partial charge in [0.2, 0.25) is 0 Å². The molecule has 88 valence electrons. The molecule has 2 nitrogen and oxygen atoms in total. The predicted octanol–water partition coefficient (Wildman–Crippen LogP) is 2.76. The molecule has 0 spiro atoms. The van der Waals surface area contributed by atoms with Gasteiger partial charge in [0.15, 0.2) is 0 Å². The molecule has 1 saturated carbocycles. The van der Waals surface area contributed by atoms with Crippen molar-refractivity contribution in [1.82, 2.24) is 0 Å². The highest BCUT2D eigenvalue weighted by atomic mass is 16.5. The van der Waals surface area contributed by atoms with Crippen LogP contribution in [0.15, 0.2) is 24.3 Å². The summed E-state index contributed by atoms with van der Waals surface area (Å²) in [7, 11) is 1.69. The summed E-state index contributed by atoms with van der Waals surface area (Å²) in [6.07, 6.45) is 6.20. The summed E-state index contributed by atoms with van der Waals surface area (Å²) in [5, 5.41) is 0. The number of benzene rings is 1. The third kappa shape index (κ3) is 3.53. The number of hydrogen-bond acceptors (Lipinski definition) is 2. The van der Waals surface area contributed by atoms with Crippen molar-refractivity contribution in [3.63, 3.8) is 0 Å². The molecule has 16 heavy (non-hydrogen) atoms. The quantitative estimate of drug-likeness (QED) is 0.798. The Labute approximate surface area is 97.8 Å². The molecule has 2 rings (SSSR count). The number of methoxy groups -OCH3 is 1. The molecule has 0 saturated heterocycles. The van der Waals surface area contributed by atoms with Crippen LogP contribution in [0.3, 0.4) is 0 Å². The van der Waals surface area contributed by atoms with E-state index in [0.29, 0.717) is 6.04 Å². The Bertz CT molecular complexity index is 316. The van der Waals surface area contributed by atoms with E-state index in [2.05, 4.69) is 12.1 Å². The van der Waals surface area contributed by atoms with Crippen molar-refractivity contribution in [2.45, 2.75) is 38.1 Å². The monoisotopic (exact) mass is 219 g/mol. The van der Waals surface area contributed by atoms with Gasteiger partial charge in [-0.15, -0.1) is 0 Å². The summed E-state index contributed by atoms with van der Waals surface area (Å²) in [5.74, 6) is 1.86. The minimum atomic E-state index is 0.384. The molecule has 0 amide bonds. The Morgan fingerprint density at radius 1 is 1.31 bits per heavy atom. The SMILES string of the molecule is COc1ccc(CCC(N)CC2CC2)cc1. The van der Waals surface area contributed by atoms with Gasteiger partial charge >= 0.3 is 0 Å². The summed E-state index contributed by atoms with van der Waals surface area (Å²) >= 11 is 0. The molecule has 0 heterocycles. The molecule has 1 aromatic carbocycles. The van der Waals surface area contributed by atoms with Crippen molar-refractivity contribution in [3.05, 3.63) is 29.8 Å². The molecule has 0 radical (unpaired) electrons. The smallest absolute Gasteiger partial charge is 0.118 e. The Morgan fingerprint density at radius 3 is 2.56 bits per heavy atom. The Kier molecular flexibility index (Phi) is 3.83. The lowest BCUT2D eigenvalue weighted by molar-refractivity contribution is 0.414. The zero-order chi connectivity index (χ0) is 11.4. The maximum absolute atomic E-state index is 6.09. The van der Waals surface area contributed by atoms with Crippen LogP contribution in [-0.2, 0) is 6.42 Å². The van der Waals surface area contributed by atoms with Gasteiger partial charge in [0.25, 0.3) is 0 Å². The Balaban J connectivity index is 1.74. The molecule has 1 unspecified atom stereocenters. The van der Waals surface area contributed by atoms with Crippen molar-refractivity contribution < 1.29 is 4.74 Å². The summed E-state index contributed by atoms with van der Waals surface area (Å²) in [6, 6.07) is 8.67. The van der Waals surface area contributed by atoms with E-state index in [9.17, 15) is 0 Å². The van der Waals surface area contributed by atoms with Crippen molar-refractivity contribution in [2.75, 3.05) is 7.11 Å². The lowest BCUT2D eigenvalue weighted by Gasteiger charge is -2.10. The normalized spacial score (nSPS) is 17.1. The van der Waals surface area contributed by atoms with Crippen LogP contribution in [0.2, 0.25) is 0 Å². The van der Waals surface area contributed by atoms with Gasteiger partial charge in [-0.1, -0.05) is 25.0 Å². The van der Waals surface area contributed by atoms with Crippen LogP contribution in [-0.4, -0.2) is 13.2 Å². The van der Waals surface area contributed by atoms with E-state index < -0.39 is 0 Å². The van der Waals surface area contributed by atoms with Crippen LogP contribution in [0.4, 0.5) is 0 Å². The van der Waals surface area contributed by atoms with E-state index in [1.165, 1.54) is 24.8 Å². The van der Waals surface area contributed by atoms with Gasteiger partial charge in [0, 0.05) is 6.04 Å². The van der Waals surface area contributed by atoms with Gasteiger partial charge in [0.1, 0.15) is 5.75 Å². The second-order valence-electron chi connectivity index (χ2n) is 4.83. The third-order valence-electron chi connectivity index (χ3n) is 3.30. The summed E-state index contributed by atoms with van der Waals surface area (Å²) in [6.45, 7) is 0. The van der Waals surface area contributed by atoms with E-state index in [4.69, 9.17) is 10.5 Å². The highest BCUT2D eigenvalue weighted by Gasteiger charge is 2.23. The van der Waals surface area contributed by atoms with Gasteiger partial charge < -0.3 is 10.5 Å². The first-order valence-electron chi connectivity index (χ1n) is 6.16. The summed E-state index contributed by atoms with van der Waals surface area (Å²) in [5.41, 5.74) is 7.45. The van der Waals surface area contributed by atoms with Crippen molar-refractivity contribution in [3.8, 4) is 5.75 Å². The van der Waals surface area contributed by atoms with Crippen LogP contribution in [0.25, 0.3) is 0 Å². The maximum Gasteiger partial charge on any atom is 0.118 e. The largest absolute Gasteiger partial charge is 0.497 e. The van der Waals surface area contributed by atoms with E-state index in [-0.39, 0.29) is 0 Å². The van der Waals surface area contributed by atoms with Crippen LogP contribution < -0.4 is 10.5 Å². The van der Waals surface area contributed by atoms with Crippen molar-refractivity contribution in [2.24, 2.45) is 11.7 Å². The topological polar surface area (TPSA) is 35.2 Å². The second kappa shape index (κ2) is 5.35. The van der Waals surface area contributed by atoms with Crippen LogP contribution >= 0.6 is 0 Å². The fraction of sp³-hybridized carbons (Fsp3) is 0.571. The summed E-state index contributed by atoms with van der Waals surface area (Å²) in [4.78, 5) is 0. The van der Waals surface area contributed by atoms with E-state index in [1.807, 2.05) is 12.1 Å². The Morgan fingerprint density at radius 2 is 2.00 bits per heavy atom. The molecular weight excluding hydrogens is 198 g/mol. The average Bonchev–Trinajstić information content (AvgIpc) is 3.11. The molecule has 0 aliphatic heterocycles. The third-order valence-corrected chi connectivity index (χ3v) is 3.30. The number of ether oxygens (including phenoxy) is 1. The fourth-order valence-corrected chi connectivity index (χ4v) is 2.04. The predicted molar refractivity (Wildman–Crippen MR) is 66.6 cm³/mol. The molecular formula is C14H21NO. The van der Waals surface area contributed by atoms with E-state index in [1.54, 1.807) is 7.11 Å². The second-order valence-corrected chi connectivity index (χ2v) is 4.83. The van der Waals surface area contributed by atoms with Crippen LogP contribution in [0, 0.1) is 5.92 Å². The van der Waals surface area contributed by atoms with Gasteiger partial charge in [-0.05, 0) is 42.9 Å². The van der Waals surface area contributed by atoms with Crippen molar-refractivity contribution in [1.29, 1.82) is 0 Å². The molecule has 0 aromatic heterocycles. The van der Waals surface area contributed by atoms with Gasteiger partial charge in [-0.3, -0.25) is 0 Å². The lowest BCUT2D eigenvalue weighted by Crippen LogP contribution is -2.21. The standard InChI is InChI=1S/C14H21NO/c1-16-14-8-5-11(6-9-14)4-7-13(15)10-12-2-3-12/h5-6,8-9,12-13H,2-4,7,10,15H2,1H3. The Hall–Kier alpha value is -1.02. The zero-order valence-electron chi connectivity index (χ0n) is 9.99. The summed E-state index contributed by atoms with van der Waals surface area (Å²) < 4.78 is 5.13. The number of nitrogens with two attached hydrogens (primary N) is 1. The first-order chi connectivity index (χ1) is 7.78. The molecule has 2 heteroatoms. The molecule has 2 N–H and O–H groups in total. The number of rotatable bonds is 6. The lowest BCUT2D eigenvalue weighted by atomic mass is 10.0. The average molecular weight is 219 g/mol. The molecule has 1 aliphatic rings. The van der Waals surface area contributed by atoms with E-state index in [0.717, 1.165) is 24.5 Å². The molecule has 1 aromatic rings. The van der Waals surface area contributed by atoms with Gasteiger partial charge in [-0.2, -0.15) is 0 Å². The highest BCUT2D eigenvalue weighted by molar-refractivity contribution is 5.27. The molecule has 1 aliphatic carbocycles. The molecule has 1 fully saturated rings. The first kappa shape index (κ1) is 11.5. The maximum atomic E-state index is 6.09. The van der Waals surface area contributed by atoms with Crippen LogP contribution in [0.1, 0.15) is 31.2 Å². The first-order valence-corrected chi connectivity index (χ1v) is 6.16. The van der Waals surface area contributed by atoms with Gasteiger partial charge in [0.05, 0.1) is 7.11 Å².